The molecule has 3 aromatic rings. The largest absolute Gasteiger partial charge is 0.369 e. The first-order chi connectivity index (χ1) is 9.33. The molecule has 0 aliphatic heterocycles. The lowest BCUT2D eigenvalue weighted by Crippen LogP contribution is -2.09. The number of rotatable bonds is 4. The van der Waals surface area contributed by atoms with Crippen molar-refractivity contribution in [2.24, 2.45) is 0 Å². The van der Waals surface area contributed by atoms with E-state index in [9.17, 15) is 0 Å². The maximum absolute atomic E-state index is 5.94. The van der Waals surface area contributed by atoms with Crippen molar-refractivity contribution in [1.82, 2.24) is 24.6 Å². The zero-order valence-corrected chi connectivity index (χ0v) is 10.7. The van der Waals surface area contributed by atoms with E-state index >= 15 is 0 Å². The Balaban J connectivity index is 1.73. The SMILES string of the molecule is Clc1cc(NCCc2ccncc2)n2ncnc2n1. The monoisotopic (exact) mass is 274 g/mol. The third kappa shape index (κ3) is 2.63. The summed E-state index contributed by atoms with van der Waals surface area (Å²) >= 11 is 5.94. The molecule has 0 atom stereocenters. The average molecular weight is 275 g/mol. The fourth-order valence-corrected chi connectivity index (χ4v) is 1.97. The van der Waals surface area contributed by atoms with Gasteiger partial charge in [0, 0.05) is 25.0 Å². The number of nitrogens with one attached hydrogen (secondary N) is 1. The first-order valence-electron chi connectivity index (χ1n) is 5.82. The molecule has 0 aromatic carbocycles. The maximum atomic E-state index is 5.94. The van der Waals surface area contributed by atoms with Crippen LogP contribution in [0.3, 0.4) is 0 Å². The molecular weight excluding hydrogens is 264 g/mol. The minimum absolute atomic E-state index is 0.395. The number of nitrogens with zero attached hydrogens (tertiary/aromatic N) is 5. The van der Waals surface area contributed by atoms with Crippen LogP contribution in [0.2, 0.25) is 5.15 Å². The van der Waals surface area contributed by atoms with Gasteiger partial charge in [-0.3, -0.25) is 4.98 Å². The van der Waals surface area contributed by atoms with Crippen LogP contribution in [0.5, 0.6) is 0 Å². The number of fused-ring (bicyclic) bond motifs is 1. The van der Waals surface area contributed by atoms with E-state index in [0.717, 1.165) is 18.8 Å². The zero-order valence-electron chi connectivity index (χ0n) is 9.99. The van der Waals surface area contributed by atoms with Crippen LogP contribution in [-0.4, -0.2) is 31.1 Å². The minimum atomic E-state index is 0.395. The molecule has 0 aliphatic carbocycles. The Bertz CT molecular complexity index is 681. The van der Waals surface area contributed by atoms with Crippen LogP contribution in [0.15, 0.2) is 36.9 Å². The molecule has 96 valence electrons. The molecule has 19 heavy (non-hydrogen) atoms. The van der Waals surface area contributed by atoms with Crippen LogP contribution < -0.4 is 5.32 Å². The van der Waals surface area contributed by atoms with Crippen LogP contribution in [0.1, 0.15) is 5.56 Å². The van der Waals surface area contributed by atoms with Crippen molar-refractivity contribution in [2.75, 3.05) is 11.9 Å². The van der Waals surface area contributed by atoms with Crippen molar-refractivity contribution in [1.29, 1.82) is 0 Å². The predicted molar refractivity (Wildman–Crippen MR) is 72.2 cm³/mol. The molecule has 6 nitrogen and oxygen atoms in total. The number of hydrogen-bond acceptors (Lipinski definition) is 5. The molecule has 3 rings (SSSR count). The summed E-state index contributed by atoms with van der Waals surface area (Å²) in [5, 5.41) is 7.77. The molecule has 0 amide bonds. The molecule has 0 saturated heterocycles. The molecular formula is C12H11ClN6. The van der Waals surface area contributed by atoms with E-state index in [1.807, 2.05) is 12.1 Å². The summed E-state index contributed by atoms with van der Waals surface area (Å²) < 4.78 is 1.62. The second-order valence-corrected chi connectivity index (χ2v) is 4.36. The normalized spacial score (nSPS) is 10.8. The van der Waals surface area contributed by atoms with E-state index in [-0.39, 0.29) is 0 Å². The lowest BCUT2D eigenvalue weighted by atomic mass is 10.2. The van der Waals surface area contributed by atoms with E-state index in [2.05, 4.69) is 25.4 Å². The summed E-state index contributed by atoms with van der Waals surface area (Å²) in [6, 6.07) is 5.72. The molecule has 0 unspecified atom stereocenters. The highest BCUT2D eigenvalue weighted by Gasteiger charge is 2.05. The van der Waals surface area contributed by atoms with Gasteiger partial charge in [0.1, 0.15) is 17.3 Å². The number of pyridine rings is 1. The fraction of sp³-hybridized carbons (Fsp3) is 0.167. The van der Waals surface area contributed by atoms with Crippen molar-refractivity contribution in [3.63, 3.8) is 0 Å². The van der Waals surface area contributed by atoms with E-state index in [0.29, 0.717) is 10.9 Å². The first kappa shape index (κ1) is 11.9. The highest BCUT2D eigenvalue weighted by atomic mass is 35.5. The third-order valence-corrected chi connectivity index (χ3v) is 2.88. The van der Waals surface area contributed by atoms with Crippen LogP contribution in [-0.2, 0) is 6.42 Å². The predicted octanol–water partition coefficient (Wildman–Crippen LogP) is 1.83. The smallest absolute Gasteiger partial charge is 0.255 e. The molecule has 0 radical (unpaired) electrons. The molecule has 0 saturated carbocycles. The van der Waals surface area contributed by atoms with Gasteiger partial charge in [0.15, 0.2) is 0 Å². The fourth-order valence-electron chi connectivity index (χ4n) is 1.79. The lowest BCUT2D eigenvalue weighted by molar-refractivity contribution is 0.912. The Labute approximate surface area is 114 Å². The van der Waals surface area contributed by atoms with Crippen LogP contribution in [0.4, 0.5) is 5.82 Å². The summed E-state index contributed by atoms with van der Waals surface area (Å²) in [5.74, 6) is 1.26. The number of halogens is 1. The van der Waals surface area contributed by atoms with Crippen molar-refractivity contribution in [3.05, 3.63) is 47.6 Å². The van der Waals surface area contributed by atoms with E-state index < -0.39 is 0 Å². The quantitative estimate of drug-likeness (QED) is 0.735. The van der Waals surface area contributed by atoms with E-state index in [1.54, 1.807) is 23.0 Å². The van der Waals surface area contributed by atoms with Crippen LogP contribution in [0, 0.1) is 0 Å². The Morgan fingerprint density at radius 3 is 2.95 bits per heavy atom. The van der Waals surface area contributed by atoms with Crippen molar-refractivity contribution in [3.8, 4) is 0 Å². The second kappa shape index (κ2) is 5.19. The van der Waals surface area contributed by atoms with Gasteiger partial charge in [0.2, 0.25) is 0 Å². The molecule has 3 aromatic heterocycles. The molecule has 0 bridgehead atoms. The molecule has 0 aliphatic rings. The maximum Gasteiger partial charge on any atom is 0.255 e. The Kier molecular flexibility index (Phi) is 3.24. The highest BCUT2D eigenvalue weighted by molar-refractivity contribution is 6.29. The number of hydrogen-bond donors (Lipinski definition) is 1. The highest BCUT2D eigenvalue weighted by Crippen LogP contribution is 2.14. The second-order valence-electron chi connectivity index (χ2n) is 3.97. The van der Waals surface area contributed by atoms with Crippen LogP contribution in [0.25, 0.3) is 5.78 Å². The molecule has 0 spiro atoms. The molecule has 7 heteroatoms. The summed E-state index contributed by atoms with van der Waals surface area (Å²) in [7, 11) is 0. The van der Waals surface area contributed by atoms with Gasteiger partial charge in [-0.2, -0.15) is 19.6 Å². The zero-order chi connectivity index (χ0) is 13.1. The summed E-state index contributed by atoms with van der Waals surface area (Å²) in [6.07, 6.45) is 5.91. The minimum Gasteiger partial charge on any atom is -0.369 e. The van der Waals surface area contributed by atoms with Gasteiger partial charge in [0.05, 0.1) is 0 Å². The third-order valence-electron chi connectivity index (χ3n) is 2.69. The van der Waals surface area contributed by atoms with Gasteiger partial charge in [-0.25, -0.2) is 0 Å². The summed E-state index contributed by atoms with van der Waals surface area (Å²) in [4.78, 5) is 12.1. The lowest BCUT2D eigenvalue weighted by Gasteiger charge is -2.07. The Morgan fingerprint density at radius 2 is 2.11 bits per heavy atom. The standard InChI is InChI=1S/C12H11ClN6/c13-10-7-11(19-12(18-10)16-8-17-19)15-6-3-9-1-4-14-5-2-9/h1-2,4-5,7-8,15H,3,6H2. The summed E-state index contributed by atoms with van der Waals surface area (Å²) in [5.41, 5.74) is 1.22. The van der Waals surface area contributed by atoms with Gasteiger partial charge >= 0.3 is 0 Å². The number of anilines is 1. The van der Waals surface area contributed by atoms with Gasteiger partial charge < -0.3 is 5.32 Å². The van der Waals surface area contributed by atoms with Crippen molar-refractivity contribution in [2.45, 2.75) is 6.42 Å². The van der Waals surface area contributed by atoms with Crippen molar-refractivity contribution >= 4 is 23.2 Å². The van der Waals surface area contributed by atoms with Gasteiger partial charge in [-0.1, -0.05) is 11.6 Å². The molecule has 0 fully saturated rings. The van der Waals surface area contributed by atoms with Gasteiger partial charge in [-0.15, -0.1) is 0 Å². The number of aromatic nitrogens is 5. The Hall–Kier alpha value is -2.21. The van der Waals surface area contributed by atoms with E-state index in [4.69, 9.17) is 11.6 Å². The topological polar surface area (TPSA) is 68.0 Å². The first-order valence-corrected chi connectivity index (χ1v) is 6.20. The van der Waals surface area contributed by atoms with Crippen LogP contribution >= 0.6 is 11.6 Å². The summed E-state index contributed by atoms with van der Waals surface area (Å²) in [6.45, 7) is 0.763. The average Bonchev–Trinajstić information content (AvgIpc) is 2.88. The van der Waals surface area contributed by atoms with Gasteiger partial charge in [-0.05, 0) is 24.1 Å². The van der Waals surface area contributed by atoms with Gasteiger partial charge in [0.25, 0.3) is 5.78 Å². The van der Waals surface area contributed by atoms with E-state index in [1.165, 1.54) is 11.9 Å². The molecule has 3 heterocycles. The molecule has 1 N–H and O–H groups in total. The van der Waals surface area contributed by atoms with Crippen molar-refractivity contribution < 1.29 is 0 Å². The Morgan fingerprint density at radius 1 is 1.26 bits per heavy atom.